The van der Waals surface area contributed by atoms with E-state index in [0.29, 0.717) is 21.3 Å². The van der Waals surface area contributed by atoms with Gasteiger partial charge in [0.1, 0.15) is 0 Å². The number of halogens is 2. The lowest BCUT2D eigenvalue weighted by Gasteiger charge is -2.38. The zero-order chi connectivity index (χ0) is 14.2. The smallest absolute Gasteiger partial charge is 0.253 e. The van der Waals surface area contributed by atoms with E-state index >= 15 is 0 Å². The number of piperidine rings is 1. The van der Waals surface area contributed by atoms with E-state index in [9.17, 15) is 4.79 Å². The van der Waals surface area contributed by atoms with Crippen LogP contribution in [0.15, 0.2) is 12.1 Å². The van der Waals surface area contributed by atoms with E-state index < -0.39 is 0 Å². The Labute approximate surface area is 123 Å². The van der Waals surface area contributed by atoms with E-state index in [2.05, 4.69) is 13.8 Å². The fraction of sp³-hybridized carbons (Fsp3) is 0.500. The second kappa shape index (κ2) is 5.22. The Morgan fingerprint density at radius 2 is 1.89 bits per heavy atom. The summed E-state index contributed by atoms with van der Waals surface area (Å²) in [5.74, 6) is -0.0309. The van der Waals surface area contributed by atoms with Crippen LogP contribution in [0.2, 0.25) is 10.0 Å². The Morgan fingerprint density at radius 1 is 1.32 bits per heavy atom. The summed E-state index contributed by atoms with van der Waals surface area (Å²) in [6, 6.07) is 3.18. The van der Waals surface area contributed by atoms with Crippen LogP contribution < -0.4 is 5.73 Å². The predicted octanol–water partition coefficient (Wildman–Crippen LogP) is 3.84. The van der Waals surface area contributed by atoms with Gasteiger partial charge in [-0.1, -0.05) is 37.0 Å². The summed E-state index contributed by atoms with van der Waals surface area (Å²) in [6.07, 6.45) is 2.16. The van der Waals surface area contributed by atoms with Crippen LogP contribution in [0.25, 0.3) is 0 Å². The molecule has 0 radical (unpaired) electrons. The molecular formula is C14H18Cl2N2O. The molecule has 19 heavy (non-hydrogen) atoms. The van der Waals surface area contributed by atoms with Crippen molar-refractivity contribution < 1.29 is 4.79 Å². The zero-order valence-corrected chi connectivity index (χ0v) is 12.7. The van der Waals surface area contributed by atoms with Gasteiger partial charge in [-0.15, -0.1) is 0 Å². The molecule has 1 fully saturated rings. The molecule has 1 amide bonds. The van der Waals surface area contributed by atoms with Gasteiger partial charge in [-0.05, 0) is 30.4 Å². The van der Waals surface area contributed by atoms with Crippen LogP contribution in [0.5, 0.6) is 0 Å². The first-order valence-electron chi connectivity index (χ1n) is 6.34. The molecule has 1 saturated heterocycles. The number of benzene rings is 1. The summed E-state index contributed by atoms with van der Waals surface area (Å²) >= 11 is 12.0. The molecular weight excluding hydrogens is 283 g/mol. The second-order valence-corrected chi connectivity index (χ2v) is 6.66. The molecule has 0 bridgehead atoms. The fourth-order valence-electron chi connectivity index (χ4n) is 2.49. The Kier molecular flexibility index (Phi) is 3.98. The first-order valence-corrected chi connectivity index (χ1v) is 7.09. The number of anilines is 1. The topological polar surface area (TPSA) is 46.3 Å². The van der Waals surface area contributed by atoms with Crippen molar-refractivity contribution in [3.05, 3.63) is 27.7 Å². The van der Waals surface area contributed by atoms with E-state index in [1.54, 1.807) is 12.1 Å². The monoisotopic (exact) mass is 300 g/mol. The number of amides is 1. The van der Waals surface area contributed by atoms with E-state index in [0.717, 1.165) is 25.9 Å². The predicted molar refractivity (Wildman–Crippen MR) is 79.8 cm³/mol. The number of rotatable bonds is 1. The number of nitrogen functional groups attached to an aromatic ring is 1. The largest absolute Gasteiger partial charge is 0.396 e. The number of nitrogens with two attached hydrogens (primary N) is 1. The third-order valence-electron chi connectivity index (χ3n) is 3.51. The van der Waals surface area contributed by atoms with Gasteiger partial charge in [-0.3, -0.25) is 4.79 Å². The SMILES string of the molecule is CC1(C)CCCN(C(=O)c2cc(Cl)c(N)c(Cl)c2)C1. The molecule has 0 saturated carbocycles. The fourth-order valence-corrected chi connectivity index (χ4v) is 2.97. The molecule has 0 spiro atoms. The Morgan fingerprint density at radius 3 is 2.42 bits per heavy atom. The van der Waals surface area contributed by atoms with Crippen molar-refractivity contribution in [2.45, 2.75) is 26.7 Å². The summed E-state index contributed by atoms with van der Waals surface area (Å²) in [6.45, 7) is 5.89. The lowest BCUT2D eigenvalue weighted by Crippen LogP contribution is -2.43. The lowest BCUT2D eigenvalue weighted by molar-refractivity contribution is 0.0583. The molecule has 0 aromatic heterocycles. The number of hydrogen-bond acceptors (Lipinski definition) is 2. The Balaban J connectivity index is 2.25. The van der Waals surface area contributed by atoms with E-state index in [-0.39, 0.29) is 11.3 Å². The van der Waals surface area contributed by atoms with Gasteiger partial charge in [0.15, 0.2) is 0 Å². The number of hydrogen-bond donors (Lipinski definition) is 1. The third-order valence-corrected chi connectivity index (χ3v) is 4.14. The minimum absolute atomic E-state index is 0.0309. The minimum Gasteiger partial charge on any atom is -0.396 e. The van der Waals surface area contributed by atoms with Crippen molar-refractivity contribution in [3.8, 4) is 0 Å². The second-order valence-electron chi connectivity index (χ2n) is 5.85. The van der Waals surface area contributed by atoms with Crippen molar-refractivity contribution >= 4 is 34.8 Å². The Hall–Kier alpha value is -0.930. The van der Waals surface area contributed by atoms with Crippen LogP contribution in [-0.4, -0.2) is 23.9 Å². The van der Waals surface area contributed by atoms with Crippen molar-refractivity contribution in [3.63, 3.8) is 0 Å². The highest BCUT2D eigenvalue weighted by Crippen LogP contribution is 2.32. The average molecular weight is 301 g/mol. The molecule has 104 valence electrons. The first kappa shape index (κ1) is 14.5. The lowest BCUT2D eigenvalue weighted by atomic mass is 9.84. The van der Waals surface area contributed by atoms with Gasteiger partial charge in [-0.25, -0.2) is 0 Å². The summed E-state index contributed by atoms with van der Waals surface area (Å²) in [4.78, 5) is 14.3. The van der Waals surface area contributed by atoms with Gasteiger partial charge in [0.2, 0.25) is 0 Å². The van der Waals surface area contributed by atoms with Crippen molar-refractivity contribution in [2.24, 2.45) is 5.41 Å². The highest BCUT2D eigenvalue weighted by atomic mass is 35.5. The molecule has 0 aliphatic carbocycles. The summed E-state index contributed by atoms with van der Waals surface area (Å²) in [7, 11) is 0. The van der Waals surface area contributed by atoms with Gasteiger partial charge in [0, 0.05) is 18.7 Å². The van der Waals surface area contributed by atoms with E-state index in [4.69, 9.17) is 28.9 Å². The maximum absolute atomic E-state index is 12.5. The van der Waals surface area contributed by atoms with Crippen LogP contribution in [0.1, 0.15) is 37.0 Å². The van der Waals surface area contributed by atoms with Crippen LogP contribution in [-0.2, 0) is 0 Å². The number of carbonyl (C=O) groups is 1. The molecule has 2 N–H and O–H groups in total. The highest BCUT2D eigenvalue weighted by molar-refractivity contribution is 6.39. The average Bonchev–Trinajstić information content (AvgIpc) is 2.33. The molecule has 0 atom stereocenters. The maximum Gasteiger partial charge on any atom is 0.253 e. The van der Waals surface area contributed by atoms with Crippen molar-refractivity contribution in [1.29, 1.82) is 0 Å². The van der Waals surface area contributed by atoms with Crippen LogP contribution in [0, 0.1) is 5.41 Å². The minimum atomic E-state index is -0.0309. The van der Waals surface area contributed by atoms with Gasteiger partial charge in [0.25, 0.3) is 5.91 Å². The number of carbonyl (C=O) groups excluding carboxylic acids is 1. The summed E-state index contributed by atoms with van der Waals surface area (Å²) in [5, 5.41) is 0.652. The van der Waals surface area contributed by atoms with Crippen LogP contribution in [0.3, 0.4) is 0 Å². The van der Waals surface area contributed by atoms with Crippen molar-refractivity contribution in [2.75, 3.05) is 18.8 Å². The molecule has 2 rings (SSSR count). The quantitative estimate of drug-likeness (QED) is 0.801. The molecule has 1 heterocycles. The Bertz CT molecular complexity index is 491. The van der Waals surface area contributed by atoms with Crippen molar-refractivity contribution in [1.82, 2.24) is 4.90 Å². The van der Waals surface area contributed by atoms with Crippen LogP contribution >= 0.6 is 23.2 Å². The number of nitrogens with zero attached hydrogens (tertiary/aromatic N) is 1. The first-order chi connectivity index (χ1) is 8.80. The maximum atomic E-state index is 12.5. The van der Waals surface area contributed by atoms with Gasteiger partial charge < -0.3 is 10.6 Å². The summed E-state index contributed by atoms with van der Waals surface area (Å²) < 4.78 is 0. The molecule has 0 unspecified atom stereocenters. The third kappa shape index (κ3) is 3.15. The molecule has 1 aliphatic rings. The molecule has 1 aromatic rings. The standard InChI is InChI=1S/C14H18Cl2N2O/c1-14(2)4-3-5-18(8-14)13(19)9-6-10(15)12(17)11(16)7-9/h6-7H,3-5,8,17H2,1-2H3. The zero-order valence-electron chi connectivity index (χ0n) is 11.2. The van der Waals surface area contributed by atoms with Gasteiger partial charge in [0.05, 0.1) is 15.7 Å². The van der Waals surface area contributed by atoms with Crippen LogP contribution in [0.4, 0.5) is 5.69 Å². The van der Waals surface area contributed by atoms with Gasteiger partial charge >= 0.3 is 0 Å². The summed E-state index contributed by atoms with van der Waals surface area (Å²) in [5.41, 5.74) is 6.67. The normalized spacial score (nSPS) is 18.4. The molecule has 5 heteroatoms. The van der Waals surface area contributed by atoms with Gasteiger partial charge in [-0.2, -0.15) is 0 Å². The number of likely N-dealkylation sites (tertiary alicyclic amines) is 1. The van der Waals surface area contributed by atoms with E-state index in [1.165, 1.54) is 0 Å². The molecule has 1 aromatic carbocycles. The molecule has 1 aliphatic heterocycles. The van der Waals surface area contributed by atoms with E-state index in [1.807, 2.05) is 4.90 Å². The highest BCUT2D eigenvalue weighted by Gasteiger charge is 2.29. The molecule has 3 nitrogen and oxygen atoms in total.